The molecule has 0 bridgehead atoms. The average molecular weight is 350 g/mol. The third-order valence-corrected chi connectivity index (χ3v) is 4.85. The van der Waals surface area contributed by atoms with E-state index in [4.69, 9.17) is 14.2 Å². The molecule has 1 aromatic carbocycles. The molecule has 1 N–H and O–H groups in total. The van der Waals surface area contributed by atoms with Crippen molar-refractivity contribution in [3.8, 4) is 17.2 Å². The predicted octanol–water partition coefficient (Wildman–Crippen LogP) is 2.10. The van der Waals surface area contributed by atoms with Crippen LogP contribution in [0.5, 0.6) is 17.2 Å². The van der Waals surface area contributed by atoms with Gasteiger partial charge in [0.25, 0.3) is 0 Å². The third kappa shape index (κ3) is 5.01. The number of likely N-dealkylation sites (tertiary alicyclic amines) is 1. The Bertz CT molecular complexity index is 544. The number of ether oxygens (including phenoxy) is 3. The summed E-state index contributed by atoms with van der Waals surface area (Å²) in [7, 11) is 6.72. The molecule has 1 heterocycles. The van der Waals surface area contributed by atoms with Gasteiger partial charge >= 0.3 is 0 Å². The Kier molecular flexibility index (Phi) is 7.37. The molecular formula is C19H30N2O4. The highest BCUT2D eigenvalue weighted by Crippen LogP contribution is 2.38. The number of amides is 1. The van der Waals surface area contributed by atoms with Gasteiger partial charge in [0, 0.05) is 13.1 Å². The maximum absolute atomic E-state index is 12.6. The molecule has 0 unspecified atom stereocenters. The molecule has 1 aliphatic heterocycles. The Morgan fingerprint density at radius 3 is 2.20 bits per heavy atom. The van der Waals surface area contributed by atoms with Gasteiger partial charge in [0.1, 0.15) is 0 Å². The second-order valence-electron chi connectivity index (χ2n) is 6.43. The van der Waals surface area contributed by atoms with Gasteiger partial charge in [-0.3, -0.25) is 4.79 Å². The highest BCUT2D eigenvalue weighted by molar-refractivity contribution is 5.79. The lowest BCUT2D eigenvalue weighted by molar-refractivity contribution is -0.131. The van der Waals surface area contributed by atoms with Gasteiger partial charge in [0.2, 0.25) is 11.7 Å². The van der Waals surface area contributed by atoms with E-state index in [1.165, 1.54) is 6.42 Å². The molecule has 0 spiro atoms. The quantitative estimate of drug-likeness (QED) is 0.778. The number of benzene rings is 1. The molecule has 140 valence electrons. The first-order chi connectivity index (χ1) is 12.1. The average Bonchev–Trinajstić information content (AvgIpc) is 2.65. The van der Waals surface area contributed by atoms with E-state index in [1.54, 1.807) is 21.3 Å². The molecule has 6 heteroatoms. The molecule has 1 fully saturated rings. The van der Waals surface area contributed by atoms with Gasteiger partial charge in [-0.15, -0.1) is 0 Å². The number of carbonyl (C=O) groups is 1. The van der Waals surface area contributed by atoms with Crippen LogP contribution in [0, 0.1) is 5.92 Å². The second-order valence-corrected chi connectivity index (χ2v) is 6.43. The van der Waals surface area contributed by atoms with Crippen molar-refractivity contribution >= 4 is 5.91 Å². The lowest BCUT2D eigenvalue weighted by atomic mass is 9.93. The number of methoxy groups -OCH3 is 3. The number of rotatable bonds is 8. The standard InChI is InChI=1S/C19H30N2O4/c1-20-8-5-14-6-9-21(10-7-14)18(22)13-15-11-16(23-2)19(25-4)17(12-15)24-3/h11-12,14,20H,5-10,13H2,1-4H3. The third-order valence-electron chi connectivity index (χ3n) is 4.85. The van der Waals surface area contributed by atoms with E-state index in [0.29, 0.717) is 23.7 Å². The summed E-state index contributed by atoms with van der Waals surface area (Å²) >= 11 is 0. The van der Waals surface area contributed by atoms with Crippen molar-refractivity contribution in [1.82, 2.24) is 10.2 Å². The molecule has 1 aliphatic rings. The highest BCUT2D eigenvalue weighted by Gasteiger charge is 2.23. The minimum Gasteiger partial charge on any atom is -0.493 e. The molecule has 0 saturated carbocycles. The van der Waals surface area contributed by atoms with Crippen molar-refractivity contribution < 1.29 is 19.0 Å². The summed E-state index contributed by atoms with van der Waals surface area (Å²) in [6.07, 6.45) is 3.70. The number of hydrogen-bond acceptors (Lipinski definition) is 5. The van der Waals surface area contributed by atoms with Crippen LogP contribution in [-0.2, 0) is 11.2 Å². The van der Waals surface area contributed by atoms with E-state index in [1.807, 2.05) is 24.1 Å². The summed E-state index contributed by atoms with van der Waals surface area (Å²) in [6.45, 7) is 2.74. The van der Waals surface area contributed by atoms with Crippen molar-refractivity contribution in [2.24, 2.45) is 5.92 Å². The zero-order chi connectivity index (χ0) is 18.2. The van der Waals surface area contributed by atoms with E-state index >= 15 is 0 Å². The van der Waals surface area contributed by atoms with Crippen LogP contribution >= 0.6 is 0 Å². The fraction of sp³-hybridized carbons (Fsp3) is 0.632. The van der Waals surface area contributed by atoms with Crippen LogP contribution in [0.15, 0.2) is 12.1 Å². The highest BCUT2D eigenvalue weighted by atomic mass is 16.5. The summed E-state index contributed by atoms with van der Waals surface area (Å²) in [4.78, 5) is 14.6. The molecule has 1 saturated heterocycles. The molecule has 6 nitrogen and oxygen atoms in total. The topological polar surface area (TPSA) is 60.0 Å². The van der Waals surface area contributed by atoms with Crippen LogP contribution in [0.2, 0.25) is 0 Å². The molecular weight excluding hydrogens is 320 g/mol. The Hall–Kier alpha value is -1.95. The van der Waals surface area contributed by atoms with Crippen LogP contribution in [0.1, 0.15) is 24.8 Å². The molecule has 0 aromatic heterocycles. The van der Waals surface area contributed by atoms with Crippen LogP contribution in [-0.4, -0.2) is 58.8 Å². The van der Waals surface area contributed by atoms with Gasteiger partial charge in [-0.2, -0.15) is 0 Å². The van der Waals surface area contributed by atoms with Gasteiger partial charge in [0.15, 0.2) is 11.5 Å². The Morgan fingerprint density at radius 2 is 1.72 bits per heavy atom. The normalized spacial score (nSPS) is 15.1. The second kappa shape index (κ2) is 9.51. The summed E-state index contributed by atoms with van der Waals surface area (Å²) in [5.41, 5.74) is 0.872. The number of nitrogens with one attached hydrogen (secondary N) is 1. The largest absolute Gasteiger partial charge is 0.493 e. The zero-order valence-electron chi connectivity index (χ0n) is 15.8. The molecule has 0 atom stereocenters. The van der Waals surface area contributed by atoms with Crippen LogP contribution < -0.4 is 19.5 Å². The first-order valence-electron chi connectivity index (χ1n) is 8.84. The summed E-state index contributed by atoms with van der Waals surface area (Å²) in [5, 5.41) is 3.20. The number of nitrogens with zero attached hydrogens (tertiary/aromatic N) is 1. The molecule has 1 amide bonds. The number of carbonyl (C=O) groups excluding carboxylic acids is 1. The Labute approximate surface area is 150 Å². The van der Waals surface area contributed by atoms with Crippen molar-refractivity contribution in [1.29, 1.82) is 0 Å². The van der Waals surface area contributed by atoms with E-state index < -0.39 is 0 Å². The maximum Gasteiger partial charge on any atom is 0.226 e. The van der Waals surface area contributed by atoms with E-state index in [0.717, 1.165) is 44.0 Å². The summed E-state index contributed by atoms with van der Waals surface area (Å²) in [5.74, 6) is 2.58. The smallest absolute Gasteiger partial charge is 0.226 e. The minimum atomic E-state index is 0.154. The van der Waals surface area contributed by atoms with Crippen LogP contribution in [0.4, 0.5) is 0 Å². The first-order valence-corrected chi connectivity index (χ1v) is 8.84. The van der Waals surface area contributed by atoms with Gasteiger partial charge in [0.05, 0.1) is 27.8 Å². The van der Waals surface area contributed by atoms with E-state index in [9.17, 15) is 4.79 Å². The molecule has 0 radical (unpaired) electrons. The van der Waals surface area contributed by atoms with Gasteiger partial charge in [-0.25, -0.2) is 0 Å². The van der Waals surface area contributed by atoms with E-state index in [-0.39, 0.29) is 5.91 Å². The van der Waals surface area contributed by atoms with E-state index in [2.05, 4.69) is 5.32 Å². The van der Waals surface area contributed by atoms with Crippen molar-refractivity contribution in [3.05, 3.63) is 17.7 Å². The number of hydrogen-bond donors (Lipinski definition) is 1. The minimum absolute atomic E-state index is 0.154. The fourth-order valence-corrected chi connectivity index (χ4v) is 3.34. The van der Waals surface area contributed by atoms with Gasteiger partial charge in [-0.1, -0.05) is 0 Å². The SMILES string of the molecule is CNCCC1CCN(C(=O)Cc2cc(OC)c(OC)c(OC)c2)CC1. The number of piperidine rings is 1. The lowest BCUT2D eigenvalue weighted by Gasteiger charge is -2.32. The molecule has 2 rings (SSSR count). The van der Waals surface area contributed by atoms with Gasteiger partial charge < -0.3 is 24.4 Å². The molecule has 1 aromatic rings. The Balaban J connectivity index is 1.99. The van der Waals surface area contributed by atoms with Crippen LogP contribution in [0.3, 0.4) is 0 Å². The lowest BCUT2D eigenvalue weighted by Crippen LogP contribution is -2.39. The van der Waals surface area contributed by atoms with Crippen LogP contribution in [0.25, 0.3) is 0 Å². The van der Waals surface area contributed by atoms with Crippen molar-refractivity contribution in [2.75, 3.05) is 48.0 Å². The zero-order valence-corrected chi connectivity index (χ0v) is 15.8. The van der Waals surface area contributed by atoms with Crippen molar-refractivity contribution in [2.45, 2.75) is 25.7 Å². The molecule has 25 heavy (non-hydrogen) atoms. The van der Waals surface area contributed by atoms with Gasteiger partial charge in [-0.05, 0) is 56.5 Å². The maximum atomic E-state index is 12.6. The Morgan fingerprint density at radius 1 is 1.12 bits per heavy atom. The predicted molar refractivity (Wildman–Crippen MR) is 97.6 cm³/mol. The monoisotopic (exact) mass is 350 g/mol. The van der Waals surface area contributed by atoms with Crippen molar-refractivity contribution in [3.63, 3.8) is 0 Å². The molecule has 0 aliphatic carbocycles. The summed E-state index contributed by atoms with van der Waals surface area (Å²) < 4.78 is 16.1. The fourth-order valence-electron chi connectivity index (χ4n) is 3.34. The first kappa shape index (κ1) is 19.4. The summed E-state index contributed by atoms with van der Waals surface area (Å²) in [6, 6.07) is 3.69.